The van der Waals surface area contributed by atoms with Crippen LogP contribution in [0.1, 0.15) is 28.8 Å². The summed E-state index contributed by atoms with van der Waals surface area (Å²) >= 11 is 0. The summed E-state index contributed by atoms with van der Waals surface area (Å²) in [7, 11) is -4.16. The van der Waals surface area contributed by atoms with E-state index in [9.17, 15) is 23.3 Å². The SMILES string of the molecule is O=C(Nc1ccc(CCN2CCCC2)cc1)c1ccccc1NS(=O)(=O)c1cccc([N+](=O)[O-])c1. The molecule has 1 heterocycles. The monoisotopic (exact) mass is 494 g/mol. The minimum absolute atomic E-state index is 0.0683. The van der Waals surface area contributed by atoms with Crippen LogP contribution in [0.3, 0.4) is 0 Å². The molecule has 0 unspecified atom stereocenters. The zero-order valence-electron chi connectivity index (χ0n) is 19.0. The molecule has 1 saturated heterocycles. The predicted molar refractivity (Wildman–Crippen MR) is 134 cm³/mol. The van der Waals surface area contributed by atoms with Gasteiger partial charge in [-0.25, -0.2) is 8.42 Å². The number of nitro groups is 1. The van der Waals surface area contributed by atoms with E-state index in [4.69, 9.17) is 0 Å². The van der Waals surface area contributed by atoms with Gasteiger partial charge >= 0.3 is 0 Å². The van der Waals surface area contributed by atoms with Crippen LogP contribution in [-0.2, 0) is 16.4 Å². The molecule has 182 valence electrons. The van der Waals surface area contributed by atoms with Gasteiger partial charge in [-0.05, 0) is 68.2 Å². The number of benzene rings is 3. The third-order valence-electron chi connectivity index (χ3n) is 5.88. The van der Waals surface area contributed by atoms with E-state index >= 15 is 0 Å². The summed E-state index contributed by atoms with van der Waals surface area (Å²) < 4.78 is 28.0. The first kappa shape index (κ1) is 24.4. The first-order valence-electron chi connectivity index (χ1n) is 11.3. The number of sulfonamides is 1. The topological polar surface area (TPSA) is 122 Å². The minimum atomic E-state index is -4.16. The Kier molecular flexibility index (Phi) is 7.42. The van der Waals surface area contributed by atoms with Gasteiger partial charge in [0.2, 0.25) is 0 Å². The van der Waals surface area contributed by atoms with Crippen molar-refractivity contribution in [1.82, 2.24) is 4.90 Å². The fourth-order valence-electron chi connectivity index (χ4n) is 3.98. The summed E-state index contributed by atoms with van der Waals surface area (Å²) in [6.45, 7) is 3.32. The van der Waals surface area contributed by atoms with E-state index in [1.54, 1.807) is 12.1 Å². The van der Waals surface area contributed by atoms with Gasteiger partial charge in [-0.15, -0.1) is 0 Å². The van der Waals surface area contributed by atoms with Gasteiger partial charge in [0.25, 0.3) is 21.6 Å². The van der Waals surface area contributed by atoms with Crippen LogP contribution >= 0.6 is 0 Å². The molecule has 0 atom stereocenters. The van der Waals surface area contributed by atoms with Crippen molar-refractivity contribution in [2.75, 3.05) is 29.7 Å². The molecule has 1 aliphatic heterocycles. The van der Waals surface area contributed by atoms with Crippen molar-refractivity contribution in [3.63, 3.8) is 0 Å². The van der Waals surface area contributed by atoms with E-state index in [1.165, 1.54) is 48.7 Å². The number of anilines is 2. The van der Waals surface area contributed by atoms with Gasteiger partial charge in [-0.1, -0.05) is 30.3 Å². The number of carbonyl (C=O) groups is 1. The molecule has 3 aromatic rings. The van der Waals surface area contributed by atoms with Gasteiger partial charge in [0, 0.05) is 24.4 Å². The van der Waals surface area contributed by atoms with E-state index < -0.39 is 20.9 Å². The quantitative estimate of drug-likeness (QED) is 0.338. The van der Waals surface area contributed by atoms with Gasteiger partial charge < -0.3 is 10.2 Å². The fourth-order valence-corrected chi connectivity index (χ4v) is 5.10. The van der Waals surface area contributed by atoms with E-state index in [0.717, 1.165) is 32.1 Å². The molecule has 0 spiro atoms. The van der Waals surface area contributed by atoms with Gasteiger partial charge in [0.05, 0.1) is 21.1 Å². The second kappa shape index (κ2) is 10.7. The Balaban J connectivity index is 1.45. The molecule has 9 nitrogen and oxygen atoms in total. The number of non-ortho nitro benzene ring substituents is 1. The zero-order chi connectivity index (χ0) is 24.8. The van der Waals surface area contributed by atoms with Crippen LogP contribution in [0.4, 0.5) is 17.1 Å². The molecule has 10 heteroatoms. The number of hydrogen-bond acceptors (Lipinski definition) is 6. The molecule has 0 radical (unpaired) electrons. The van der Waals surface area contributed by atoms with Gasteiger partial charge in [-0.3, -0.25) is 19.6 Å². The number of hydrogen-bond donors (Lipinski definition) is 2. The number of carbonyl (C=O) groups excluding carboxylic acids is 1. The normalized spacial score (nSPS) is 13.9. The molecule has 4 rings (SSSR count). The summed E-state index contributed by atoms with van der Waals surface area (Å²) in [4.78, 5) is 25.5. The molecule has 0 aliphatic carbocycles. The highest BCUT2D eigenvalue weighted by Crippen LogP contribution is 2.24. The van der Waals surface area contributed by atoms with Crippen LogP contribution < -0.4 is 10.0 Å². The number of nitrogens with zero attached hydrogens (tertiary/aromatic N) is 2. The first-order chi connectivity index (χ1) is 16.8. The highest BCUT2D eigenvalue weighted by atomic mass is 32.2. The Morgan fingerprint density at radius 3 is 2.40 bits per heavy atom. The second-order valence-electron chi connectivity index (χ2n) is 8.36. The molecule has 35 heavy (non-hydrogen) atoms. The number of nitrogens with one attached hydrogen (secondary N) is 2. The summed E-state index contributed by atoms with van der Waals surface area (Å²) in [5, 5.41) is 13.8. The molecule has 1 fully saturated rings. The Morgan fingerprint density at radius 1 is 0.971 bits per heavy atom. The van der Waals surface area contributed by atoms with Crippen LogP contribution in [-0.4, -0.2) is 43.8 Å². The van der Waals surface area contributed by atoms with Crippen molar-refractivity contribution in [3.05, 3.63) is 94.0 Å². The van der Waals surface area contributed by atoms with Crippen molar-refractivity contribution < 1.29 is 18.1 Å². The maximum Gasteiger partial charge on any atom is 0.270 e. The fraction of sp³-hybridized carbons (Fsp3) is 0.240. The maximum absolute atomic E-state index is 12.9. The van der Waals surface area contributed by atoms with Crippen LogP contribution in [0.2, 0.25) is 0 Å². The van der Waals surface area contributed by atoms with E-state index in [0.29, 0.717) is 5.69 Å². The Hall–Kier alpha value is -3.76. The van der Waals surface area contributed by atoms with E-state index in [2.05, 4.69) is 14.9 Å². The van der Waals surface area contributed by atoms with Crippen LogP contribution in [0.5, 0.6) is 0 Å². The number of likely N-dealkylation sites (tertiary alicyclic amines) is 1. The smallest absolute Gasteiger partial charge is 0.270 e. The van der Waals surface area contributed by atoms with Crippen LogP contribution in [0.25, 0.3) is 0 Å². The molecular weight excluding hydrogens is 468 g/mol. The molecule has 3 aromatic carbocycles. The first-order valence-corrected chi connectivity index (χ1v) is 12.8. The molecular formula is C25H26N4O5S. The Morgan fingerprint density at radius 2 is 1.69 bits per heavy atom. The van der Waals surface area contributed by atoms with Crippen LogP contribution in [0.15, 0.2) is 77.7 Å². The minimum Gasteiger partial charge on any atom is -0.322 e. The third kappa shape index (κ3) is 6.23. The molecule has 1 amide bonds. The van der Waals surface area contributed by atoms with E-state index in [1.807, 2.05) is 24.3 Å². The molecule has 1 aliphatic rings. The van der Waals surface area contributed by atoms with Gasteiger partial charge in [0.1, 0.15) is 0 Å². The summed E-state index contributed by atoms with van der Waals surface area (Å²) in [5.41, 5.74) is 1.62. The van der Waals surface area contributed by atoms with Crippen molar-refractivity contribution >= 4 is 33.0 Å². The predicted octanol–water partition coefficient (Wildman–Crippen LogP) is 4.29. The van der Waals surface area contributed by atoms with Gasteiger partial charge in [0.15, 0.2) is 0 Å². The second-order valence-corrected chi connectivity index (χ2v) is 10.0. The number of nitro benzene ring substituents is 1. The molecule has 0 aromatic heterocycles. The lowest BCUT2D eigenvalue weighted by Gasteiger charge is -2.15. The number of rotatable bonds is 9. The summed E-state index contributed by atoms with van der Waals surface area (Å²) in [5.74, 6) is -0.479. The average molecular weight is 495 g/mol. The number of amides is 1. The highest BCUT2D eigenvalue weighted by molar-refractivity contribution is 7.92. The van der Waals surface area contributed by atoms with Crippen LogP contribution in [0, 0.1) is 10.1 Å². The zero-order valence-corrected chi connectivity index (χ0v) is 19.8. The standard InChI is InChI=1S/C25H26N4O5S/c30-25(26-20-12-10-19(11-13-20)14-17-28-15-3-4-16-28)23-8-1-2-9-24(23)27-35(33,34)22-7-5-6-21(18-22)29(31)32/h1-2,5-13,18,27H,3-4,14-17H2,(H,26,30). The summed E-state index contributed by atoms with van der Waals surface area (Å²) in [6, 6.07) is 18.5. The van der Waals surface area contributed by atoms with Crippen molar-refractivity contribution in [2.24, 2.45) is 0 Å². The lowest BCUT2D eigenvalue weighted by atomic mass is 10.1. The molecule has 0 bridgehead atoms. The Labute approximate surface area is 204 Å². The van der Waals surface area contributed by atoms with Crippen molar-refractivity contribution in [2.45, 2.75) is 24.2 Å². The highest BCUT2D eigenvalue weighted by Gasteiger charge is 2.21. The largest absolute Gasteiger partial charge is 0.322 e. The Bertz CT molecular complexity index is 1320. The van der Waals surface area contributed by atoms with Crippen molar-refractivity contribution in [1.29, 1.82) is 0 Å². The van der Waals surface area contributed by atoms with Gasteiger partial charge in [-0.2, -0.15) is 0 Å². The number of para-hydroxylation sites is 1. The molecule has 0 saturated carbocycles. The lowest BCUT2D eigenvalue weighted by Crippen LogP contribution is -2.21. The average Bonchev–Trinajstić information content (AvgIpc) is 3.37. The summed E-state index contributed by atoms with van der Waals surface area (Å²) in [6.07, 6.45) is 3.46. The maximum atomic E-state index is 12.9. The van der Waals surface area contributed by atoms with Crippen molar-refractivity contribution in [3.8, 4) is 0 Å². The lowest BCUT2D eigenvalue weighted by molar-refractivity contribution is -0.385. The molecule has 2 N–H and O–H groups in total. The van der Waals surface area contributed by atoms with E-state index in [-0.39, 0.29) is 21.8 Å². The third-order valence-corrected chi connectivity index (χ3v) is 7.25.